The Morgan fingerprint density at radius 1 is 1.48 bits per heavy atom. The van der Waals surface area contributed by atoms with Crippen molar-refractivity contribution < 1.29 is 17.9 Å². The van der Waals surface area contributed by atoms with Crippen molar-refractivity contribution in [2.45, 2.75) is 31.9 Å². The lowest BCUT2D eigenvalue weighted by molar-refractivity contribution is -0.141. The summed E-state index contributed by atoms with van der Waals surface area (Å²) in [6.07, 6.45) is 2.88. The van der Waals surface area contributed by atoms with Crippen LogP contribution in [0.4, 0.5) is 0 Å². The van der Waals surface area contributed by atoms with Crippen LogP contribution in [0.15, 0.2) is 0 Å². The Morgan fingerprint density at radius 2 is 2.24 bits per heavy atom. The lowest BCUT2D eigenvalue weighted by atomic mass is 9.97. The Kier molecular flexibility index (Phi) is 5.59. The Bertz CT molecular complexity index is 468. The van der Waals surface area contributed by atoms with Crippen LogP contribution in [0.25, 0.3) is 0 Å². The molecule has 2 aliphatic heterocycles. The van der Waals surface area contributed by atoms with Crippen LogP contribution in [0.5, 0.6) is 0 Å². The van der Waals surface area contributed by atoms with Crippen molar-refractivity contribution >= 4 is 15.9 Å². The van der Waals surface area contributed by atoms with Gasteiger partial charge in [-0.25, -0.2) is 13.1 Å². The molecule has 2 heterocycles. The Hall–Kier alpha value is -0.700. The van der Waals surface area contributed by atoms with E-state index in [2.05, 4.69) is 10.0 Å². The van der Waals surface area contributed by atoms with E-state index in [0.717, 1.165) is 25.6 Å². The average molecular weight is 319 g/mol. The van der Waals surface area contributed by atoms with Gasteiger partial charge in [-0.2, -0.15) is 0 Å². The summed E-state index contributed by atoms with van der Waals surface area (Å²) in [4.78, 5) is 14.4. The fraction of sp³-hybridized carbons (Fsp3) is 0.923. The van der Waals surface area contributed by atoms with E-state index < -0.39 is 10.0 Å². The summed E-state index contributed by atoms with van der Waals surface area (Å²) in [5.74, 6) is 0.239. The molecule has 0 aromatic carbocycles. The smallest absolute Gasteiger partial charge is 0.242 e. The summed E-state index contributed by atoms with van der Waals surface area (Å²) in [5, 5.41) is 3.21. The van der Waals surface area contributed by atoms with Crippen molar-refractivity contribution in [2.75, 3.05) is 39.0 Å². The predicted octanol–water partition coefficient (Wildman–Crippen LogP) is -0.849. The Balaban J connectivity index is 1.89. The number of hydrogen-bond donors (Lipinski definition) is 2. The molecule has 0 bridgehead atoms. The first-order chi connectivity index (χ1) is 9.87. The first-order valence-corrected chi connectivity index (χ1v) is 9.34. The van der Waals surface area contributed by atoms with Crippen molar-refractivity contribution in [1.82, 2.24) is 14.9 Å². The lowest BCUT2D eigenvalue weighted by Crippen LogP contribution is -2.58. The predicted molar refractivity (Wildman–Crippen MR) is 79.4 cm³/mol. The highest BCUT2D eigenvalue weighted by atomic mass is 32.2. The number of carbonyl (C=O) groups excluding carboxylic acids is 1. The highest BCUT2D eigenvalue weighted by Crippen LogP contribution is 2.18. The number of nitrogens with one attached hydrogen (secondary N) is 2. The molecule has 2 saturated heterocycles. The van der Waals surface area contributed by atoms with E-state index in [1.165, 1.54) is 0 Å². The third-order valence-electron chi connectivity index (χ3n) is 4.05. The second-order valence-corrected chi connectivity index (χ2v) is 7.75. The molecule has 2 fully saturated rings. The number of morpholine rings is 1. The highest BCUT2D eigenvalue weighted by Gasteiger charge is 2.34. The maximum Gasteiger partial charge on any atom is 0.242 e. The zero-order chi connectivity index (χ0) is 15.5. The zero-order valence-electron chi connectivity index (χ0n) is 12.7. The fourth-order valence-corrected chi connectivity index (χ4v) is 3.45. The van der Waals surface area contributed by atoms with Gasteiger partial charge in [0.05, 0.1) is 19.0 Å². The number of rotatable bonds is 4. The molecule has 0 saturated carbocycles. The molecule has 7 nitrogen and oxygen atoms in total. The third-order valence-corrected chi connectivity index (χ3v) is 4.74. The maximum absolute atomic E-state index is 12.6. The SMILES string of the molecule is C[C@H]1OCCN[C@@H]1C(=O)N1CCCC(CNS(C)(=O)=O)C1. The van der Waals surface area contributed by atoms with Gasteiger partial charge in [0.15, 0.2) is 0 Å². The summed E-state index contributed by atoms with van der Waals surface area (Å²) in [5.41, 5.74) is 0. The van der Waals surface area contributed by atoms with E-state index >= 15 is 0 Å². The molecule has 2 N–H and O–H groups in total. The molecule has 1 amide bonds. The largest absolute Gasteiger partial charge is 0.375 e. The lowest BCUT2D eigenvalue weighted by Gasteiger charge is -2.38. The van der Waals surface area contributed by atoms with E-state index in [1.807, 2.05) is 11.8 Å². The van der Waals surface area contributed by atoms with Gasteiger partial charge >= 0.3 is 0 Å². The molecule has 2 rings (SSSR count). The van der Waals surface area contributed by atoms with Crippen LogP contribution in [-0.2, 0) is 19.6 Å². The second kappa shape index (κ2) is 7.04. The van der Waals surface area contributed by atoms with Crippen LogP contribution in [0, 0.1) is 5.92 Å². The molecule has 8 heteroatoms. The van der Waals surface area contributed by atoms with Gasteiger partial charge in [-0.15, -0.1) is 0 Å². The highest BCUT2D eigenvalue weighted by molar-refractivity contribution is 7.88. The van der Waals surface area contributed by atoms with E-state index in [9.17, 15) is 13.2 Å². The molecule has 0 spiro atoms. The number of sulfonamides is 1. The topological polar surface area (TPSA) is 87.7 Å². The molecule has 122 valence electrons. The van der Waals surface area contributed by atoms with Crippen molar-refractivity contribution in [3.05, 3.63) is 0 Å². The molecule has 21 heavy (non-hydrogen) atoms. The minimum atomic E-state index is -3.18. The number of hydrogen-bond acceptors (Lipinski definition) is 5. The second-order valence-electron chi connectivity index (χ2n) is 5.92. The molecule has 0 aromatic rings. The van der Waals surface area contributed by atoms with Gasteiger partial charge in [0, 0.05) is 26.2 Å². The van der Waals surface area contributed by atoms with Gasteiger partial charge in [0.1, 0.15) is 6.04 Å². The van der Waals surface area contributed by atoms with Crippen molar-refractivity contribution in [3.63, 3.8) is 0 Å². The van der Waals surface area contributed by atoms with Crippen LogP contribution < -0.4 is 10.0 Å². The van der Waals surface area contributed by atoms with Crippen LogP contribution in [0.2, 0.25) is 0 Å². The van der Waals surface area contributed by atoms with Gasteiger partial charge in [-0.05, 0) is 25.7 Å². The number of piperidine rings is 1. The van der Waals surface area contributed by atoms with E-state index in [0.29, 0.717) is 26.2 Å². The van der Waals surface area contributed by atoms with E-state index in [-0.39, 0.29) is 24.0 Å². The monoisotopic (exact) mass is 319 g/mol. The summed E-state index contributed by atoms with van der Waals surface area (Å²) in [7, 11) is -3.18. The first-order valence-electron chi connectivity index (χ1n) is 7.45. The van der Waals surface area contributed by atoms with Crippen LogP contribution >= 0.6 is 0 Å². The summed E-state index contributed by atoms with van der Waals surface area (Å²) in [6.45, 7) is 4.96. The van der Waals surface area contributed by atoms with E-state index in [4.69, 9.17) is 4.74 Å². The third kappa shape index (κ3) is 4.91. The van der Waals surface area contributed by atoms with Gasteiger partial charge < -0.3 is 15.0 Å². The number of ether oxygens (including phenoxy) is 1. The van der Waals surface area contributed by atoms with Crippen molar-refractivity contribution in [3.8, 4) is 0 Å². The summed E-state index contributed by atoms with van der Waals surface area (Å²) in [6, 6.07) is -0.291. The van der Waals surface area contributed by atoms with Gasteiger partial charge in [0.2, 0.25) is 15.9 Å². The van der Waals surface area contributed by atoms with Crippen molar-refractivity contribution in [1.29, 1.82) is 0 Å². The molecule has 0 aromatic heterocycles. The molecule has 2 aliphatic rings. The van der Waals surface area contributed by atoms with Crippen LogP contribution in [0.1, 0.15) is 19.8 Å². The van der Waals surface area contributed by atoms with Crippen molar-refractivity contribution in [2.24, 2.45) is 5.92 Å². The average Bonchev–Trinajstić information content (AvgIpc) is 2.44. The number of nitrogens with zero attached hydrogens (tertiary/aromatic N) is 1. The number of amides is 1. The van der Waals surface area contributed by atoms with Gasteiger partial charge in [0.25, 0.3) is 0 Å². The van der Waals surface area contributed by atoms with Crippen LogP contribution in [0.3, 0.4) is 0 Å². The fourth-order valence-electron chi connectivity index (χ4n) is 2.91. The number of carbonyl (C=O) groups is 1. The van der Waals surface area contributed by atoms with Gasteiger partial charge in [-0.3, -0.25) is 4.79 Å². The van der Waals surface area contributed by atoms with E-state index in [1.54, 1.807) is 0 Å². The normalized spacial score (nSPS) is 31.1. The quantitative estimate of drug-likeness (QED) is 0.705. The Morgan fingerprint density at radius 3 is 2.90 bits per heavy atom. The molecular weight excluding hydrogens is 294 g/mol. The Labute approximate surface area is 126 Å². The molecule has 3 atom stereocenters. The number of likely N-dealkylation sites (tertiary alicyclic amines) is 1. The van der Waals surface area contributed by atoms with Crippen LogP contribution in [-0.4, -0.2) is 70.4 Å². The summed E-state index contributed by atoms with van der Waals surface area (Å²) >= 11 is 0. The zero-order valence-corrected chi connectivity index (χ0v) is 13.5. The maximum atomic E-state index is 12.6. The van der Waals surface area contributed by atoms with Gasteiger partial charge in [-0.1, -0.05) is 0 Å². The molecular formula is C13H25N3O4S. The molecule has 1 unspecified atom stereocenters. The standard InChI is InChI=1S/C13H25N3O4S/c1-10-12(14-5-7-20-10)13(17)16-6-3-4-11(9-16)8-15-21(2,18)19/h10-12,14-15H,3-9H2,1-2H3/t10-,11?,12+/m1/s1. The minimum Gasteiger partial charge on any atom is -0.375 e. The minimum absolute atomic E-state index is 0.0613. The molecule has 0 aliphatic carbocycles. The molecule has 0 radical (unpaired) electrons. The summed E-state index contributed by atoms with van der Waals surface area (Å²) < 4.78 is 30.4. The first kappa shape index (κ1) is 16.7.